The van der Waals surface area contributed by atoms with E-state index in [2.05, 4.69) is 190 Å². The maximum atomic E-state index is 11.4. The number of nitro groups is 1. The Morgan fingerprint density at radius 1 is 0.559 bits per heavy atom. The van der Waals surface area contributed by atoms with Gasteiger partial charge >= 0.3 is 0 Å². The molecule has 0 bridgehead atoms. The summed E-state index contributed by atoms with van der Waals surface area (Å²) in [5.41, 5.74) is 9.69. The van der Waals surface area contributed by atoms with Gasteiger partial charge in [-0.05, 0) is 123 Å². The second-order valence-corrected chi connectivity index (χ2v) is 22.0. The highest BCUT2D eigenvalue weighted by atomic mass is 16.6. The summed E-state index contributed by atoms with van der Waals surface area (Å²) in [6.45, 7) is 26.3. The first-order valence-electron chi connectivity index (χ1n) is 23.9. The van der Waals surface area contributed by atoms with Gasteiger partial charge < -0.3 is 23.8 Å². The van der Waals surface area contributed by atoms with Gasteiger partial charge in [0.25, 0.3) is 5.69 Å². The van der Waals surface area contributed by atoms with Crippen LogP contribution in [0.15, 0.2) is 140 Å². The monoisotopic (exact) mass is 913 g/mol. The molecule has 0 aliphatic carbocycles. The second kappa shape index (κ2) is 17.9. The van der Waals surface area contributed by atoms with Gasteiger partial charge in [0.1, 0.15) is 30.5 Å². The predicted molar refractivity (Wildman–Crippen MR) is 276 cm³/mol. The quantitative estimate of drug-likeness (QED) is 0.0494. The van der Waals surface area contributed by atoms with Crippen molar-refractivity contribution in [1.29, 1.82) is 0 Å². The SMILES string of the molecule is CN1c2ccc(OCCOCCOc3ccc(C(c4ccc(C(C)(C)C)cc4)(c4ccc(C(C)(C)C)cc4)c4ccc(C(C)(C)C)cc4)cc3)cc2C(C)(C)C12C=Cc1cc([N+](=O)[O-])ccc1O2. The minimum atomic E-state index is -0.821. The zero-order chi connectivity index (χ0) is 48.9. The van der Waals surface area contributed by atoms with Gasteiger partial charge in [-0.15, -0.1) is 0 Å². The summed E-state index contributed by atoms with van der Waals surface area (Å²) in [7, 11) is 2.01. The summed E-state index contributed by atoms with van der Waals surface area (Å²) >= 11 is 0. The Hall–Kier alpha value is -6.38. The van der Waals surface area contributed by atoms with Gasteiger partial charge in [0.2, 0.25) is 5.72 Å². The molecule has 2 heterocycles. The van der Waals surface area contributed by atoms with E-state index in [0.29, 0.717) is 37.7 Å². The molecule has 0 saturated carbocycles. The summed E-state index contributed by atoms with van der Waals surface area (Å²) < 4.78 is 25.2. The lowest BCUT2D eigenvalue weighted by atomic mass is 9.64. The van der Waals surface area contributed by atoms with Gasteiger partial charge in [-0.25, -0.2) is 0 Å². The normalized spacial score (nSPS) is 16.6. The molecule has 0 saturated heterocycles. The van der Waals surface area contributed by atoms with Crippen LogP contribution < -0.4 is 19.1 Å². The highest BCUT2D eigenvalue weighted by molar-refractivity contribution is 5.73. The zero-order valence-corrected chi connectivity index (χ0v) is 42.0. The van der Waals surface area contributed by atoms with Crippen LogP contribution in [-0.4, -0.2) is 44.1 Å². The van der Waals surface area contributed by atoms with Gasteiger partial charge in [-0.1, -0.05) is 147 Å². The van der Waals surface area contributed by atoms with Gasteiger partial charge in [0, 0.05) is 30.4 Å². The first kappa shape index (κ1) is 48.1. The maximum Gasteiger partial charge on any atom is 0.270 e. The van der Waals surface area contributed by atoms with E-state index in [0.717, 1.165) is 28.3 Å². The predicted octanol–water partition coefficient (Wildman–Crippen LogP) is 13.9. The van der Waals surface area contributed by atoms with E-state index in [1.807, 2.05) is 25.3 Å². The number of non-ortho nitro benzene ring substituents is 1. The molecule has 0 amide bonds. The second-order valence-electron chi connectivity index (χ2n) is 22.0. The average Bonchev–Trinajstić information content (AvgIpc) is 3.45. The molecule has 8 nitrogen and oxygen atoms in total. The first-order valence-corrected chi connectivity index (χ1v) is 23.9. The molecule has 8 rings (SSSR count). The van der Waals surface area contributed by atoms with Crippen molar-refractivity contribution in [3.63, 3.8) is 0 Å². The van der Waals surface area contributed by atoms with Crippen molar-refractivity contribution >= 4 is 17.5 Å². The zero-order valence-electron chi connectivity index (χ0n) is 42.0. The van der Waals surface area contributed by atoms with E-state index in [1.165, 1.54) is 39.4 Å². The Morgan fingerprint density at radius 3 is 1.44 bits per heavy atom. The Labute approximate surface area is 404 Å². The minimum absolute atomic E-state index is 0.0256. The summed E-state index contributed by atoms with van der Waals surface area (Å²) in [5.74, 6) is 2.13. The molecule has 0 radical (unpaired) electrons. The fourth-order valence-corrected chi connectivity index (χ4v) is 9.98. The van der Waals surface area contributed by atoms with E-state index < -0.39 is 16.6 Å². The molecule has 2 aliphatic rings. The lowest BCUT2D eigenvalue weighted by molar-refractivity contribution is -0.384. The van der Waals surface area contributed by atoms with Crippen molar-refractivity contribution in [2.45, 2.75) is 109 Å². The molecule has 1 spiro atoms. The van der Waals surface area contributed by atoms with E-state index in [1.54, 1.807) is 12.1 Å². The summed E-state index contributed by atoms with van der Waals surface area (Å²) in [5, 5.41) is 11.4. The highest BCUT2D eigenvalue weighted by Gasteiger charge is 2.58. The molecular weight excluding hydrogens is 845 g/mol. The van der Waals surface area contributed by atoms with Gasteiger partial charge in [-0.2, -0.15) is 0 Å². The van der Waals surface area contributed by atoms with Crippen LogP contribution in [0.3, 0.4) is 0 Å². The Balaban J connectivity index is 0.950. The average molecular weight is 913 g/mol. The maximum absolute atomic E-state index is 11.4. The van der Waals surface area contributed by atoms with Crippen LogP contribution in [-0.2, 0) is 31.8 Å². The van der Waals surface area contributed by atoms with E-state index in [9.17, 15) is 10.1 Å². The topological polar surface area (TPSA) is 83.3 Å². The number of likely N-dealkylation sites (N-methyl/N-ethyl adjacent to an activating group) is 1. The molecule has 6 aromatic rings. The number of fused-ring (bicyclic) bond motifs is 2. The van der Waals surface area contributed by atoms with Crippen molar-refractivity contribution in [2.75, 3.05) is 38.4 Å². The third-order valence-electron chi connectivity index (χ3n) is 14.2. The molecule has 1 atom stereocenters. The number of nitro benzene ring substituents is 1. The molecule has 1 unspecified atom stereocenters. The van der Waals surface area contributed by atoms with Gasteiger partial charge in [0.05, 0.1) is 29.0 Å². The van der Waals surface area contributed by atoms with Crippen molar-refractivity contribution < 1.29 is 23.9 Å². The molecule has 0 fully saturated rings. The largest absolute Gasteiger partial charge is 0.491 e. The van der Waals surface area contributed by atoms with Crippen molar-refractivity contribution in [3.8, 4) is 17.2 Å². The van der Waals surface area contributed by atoms with Crippen LogP contribution in [0.5, 0.6) is 17.2 Å². The Morgan fingerprint density at radius 2 is 0.985 bits per heavy atom. The number of hydrogen-bond donors (Lipinski definition) is 0. The van der Waals surface area contributed by atoms with Crippen LogP contribution in [0, 0.1) is 10.1 Å². The van der Waals surface area contributed by atoms with Crippen LogP contribution in [0.1, 0.15) is 126 Å². The molecule has 6 aromatic carbocycles. The fraction of sp³-hybridized carbons (Fsp3) is 0.367. The summed E-state index contributed by atoms with van der Waals surface area (Å²) in [6.07, 6.45) is 3.92. The molecular formula is C60H68N2O6. The third-order valence-corrected chi connectivity index (χ3v) is 14.2. The number of benzene rings is 6. The summed E-state index contributed by atoms with van der Waals surface area (Å²) in [6, 6.07) is 47.1. The fourth-order valence-electron chi connectivity index (χ4n) is 9.98. The van der Waals surface area contributed by atoms with E-state index in [-0.39, 0.29) is 26.9 Å². The number of rotatable bonds is 13. The lowest BCUT2D eigenvalue weighted by Gasteiger charge is -2.45. The minimum Gasteiger partial charge on any atom is -0.491 e. The van der Waals surface area contributed by atoms with Crippen LogP contribution in [0.4, 0.5) is 11.4 Å². The molecule has 8 heteroatoms. The van der Waals surface area contributed by atoms with E-state index >= 15 is 0 Å². The molecule has 0 aromatic heterocycles. The van der Waals surface area contributed by atoms with Crippen molar-refractivity contribution in [2.24, 2.45) is 0 Å². The Kier molecular flexibility index (Phi) is 12.7. The first-order chi connectivity index (χ1) is 32.1. The molecule has 354 valence electrons. The number of anilines is 1. The van der Waals surface area contributed by atoms with Crippen LogP contribution in [0.25, 0.3) is 6.08 Å². The smallest absolute Gasteiger partial charge is 0.270 e. The van der Waals surface area contributed by atoms with Gasteiger partial charge in [0.15, 0.2) is 0 Å². The third kappa shape index (κ3) is 8.91. The standard InChI is InChI=1S/C60H68N2O6/c1-55(2,3)42-13-19-45(20-14-42)60(46-21-15-43(16-22-46)56(4,5)6,47-23-17-44(18-24-47)57(7,8)9)48-25-28-50(29-26-48)66-37-35-65-36-38-67-51-30-31-53-52(40-51)58(10,11)59(61(53)12)34-33-41-39-49(62(63)64)27-32-54(41)68-59/h13-34,39-40H,35-38H2,1-12H3. The molecule has 68 heavy (non-hydrogen) atoms. The lowest BCUT2D eigenvalue weighted by Crippen LogP contribution is -2.58. The van der Waals surface area contributed by atoms with Crippen LogP contribution >= 0.6 is 0 Å². The molecule has 2 aliphatic heterocycles. The van der Waals surface area contributed by atoms with Gasteiger partial charge in [-0.3, -0.25) is 10.1 Å². The van der Waals surface area contributed by atoms with Crippen molar-refractivity contribution in [1.82, 2.24) is 0 Å². The number of nitrogens with zero attached hydrogens (tertiary/aromatic N) is 2. The Bertz CT molecular complexity index is 2650. The summed E-state index contributed by atoms with van der Waals surface area (Å²) in [4.78, 5) is 13.1. The van der Waals surface area contributed by atoms with Crippen molar-refractivity contribution in [3.05, 3.63) is 200 Å². The highest BCUT2D eigenvalue weighted by Crippen LogP contribution is 2.55. The number of ether oxygens (including phenoxy) is 4. The molecule has 0 N–H and O–H groups in total. The van der Waals surface area contributed by atoms with Crippen LogP contribution in [0.2, 0.25) is 0 Å². The number of hydrogen-bond acceptors (Lipinski definition) is 7. The van der Waals surface area contributed by atoms with E-state index in [4.69, 9.17) is 18.9 Å².